The Morgan fingerprint density at radius 3 is 2.04 bits per heavy atom. The molecule has 4 aliphatic carbocycles. The van der Waals surface area contributed by atoms with Gasteiger partial charge >= 0.3 is 6.18 Å². The van der Waals surface area contributed by atoms with Gasteiger partial charge in [-0.25, -0.2) is 0 Å². The van der Waals surface area contributed by atoms with Gasteiger partial charge in [-0.3, -0.25) is 9.48 Å². The van der Waals surface area contributed by atoms with Gasteiger partial charge in [0.05, 0.1) is 17.3 Å². The van der Waals surface area contributed by atoms with Gasteiger partial charge in [-0.2, -0.15) is 18.3 Å². The average molecular weight is 369 g/mol. The Hall–Kier alpha value is -1.53. The molecule has 0 radical (unpaired) electrons. The van der Waals surface area contributed by atoms with Crippen molar-refractivity contribution in [2.24, 2.45) is 17.8 Å². The van der Waals surface area contributed by atoms with Crippen molar-refractivity contribution in [2.75, 3.05) is 0 Å². The number of carbonyl (C=O) groups is 1. The first-order chi connectivity index (χ1) is 12.0. The van der Waals surface area contributed by atoms with Crippen molar-refractivity contribution in [3.05, 3.63) is 17.5 Å². The predicted octanol–water partition coefficient (Wildman–Crippen LogP) is 4.36. The Labute approximate surface area is 151 Å². The fourth-order valence-corrected chi connectivity index (χ4v) is 5.87. The van der Waals surface area contributed by atoms with Crippen LogP contribution < -0.4 is 5.32 Å². The van der Waals surface area contributed by atoms with Crippen LogP contribution in [0.3, 0.4) is 0 Å². The third-order valence-corrected chi connectivity index (χ3v) is 6.33. The number of hydrogen-bond acceptors (Lipinski definition) is 2. The van der Waals surface area contributed by atoms with Crippen molar-refractivity contribution >= 4 is 5.91 Å². The molecule has 4 aliphatic rings. The highest BCUT2D eigenvalue weighted by molar-refractivity contribution is 5.96. The SMILES string of the molecule is CC(C)(C)n1ncc(C(=O)NC23CC4CC(CC(C4)C2)C3)c1C(F)(F)F. The van der Waals surface area contributed by atoms with Gasteiger partial charge in [-0.15, -0.1) is 0 Å². The molecule has 0 spiro atoms. The van der Waals surface area contributed by atoms with Gasteiger partial charge in [0.2, 0.25) is 0 Å². The number of nitrogens with zero attached hydrogens (tertiary/aromatic N) is 2. The van der Waals surface area contributed by atoms with Crippen LogP contribution >= 0.6 is 0 Å². The lowest BCUT2D eigenvalue weighted by Gasteiger charge is -2.56. The predicted molar refractivity (Wildman–Crippen MR) is 90.6 cm³/mol. The molecular formula is C19H26F3N3O. The second kappa shape index (κ2) is 5.49. The molecule has 1 amide bonds. The van der Waals surface area contributed by atoms with Crippen LogP contribution in [0.2, 0.25) is 0 Å². The Kier molecular flexibility index (Phi) is 3.77. The highest BCUT2D eigenvalue weighted by Gasteiger charge is 2.52. The fourth-order valence-electron chi connectivity index (χ4n) is 5.87. The lowest BCUT2D eigenvalue weighted by Crippen LogP contribution is -2.59. The van der Waals surface area contributed by atoms with E-state index in [1.54, 1.807) is 20.8 Å². The quantitative estimate of drug-likeness (QED) is 0.842. The largest absolute Gasteiger partial charge is 0.433 e. The van der Waals surface area contributed by atoms with Crippen LogP contribution in [0.5, 0.6) is 0 Å². The molecule has 5 rings (SSSR count). The van der Waals surface area contributed by atoms with E-state index in [0.29, 0.717) is 17.8 Å². The highest BCUT2D eigenvalue weighted by atomic mass is 19.4. The van der Waals surface area contributed by atoms with Crippen LogP contribution in [0.15, 0.2) is 6.20 Å². The van der Waals surface area contributed by atoms with Crippen molar-refractivity contribution in [3.63, 3.8) is 0 Å². The van der Waals surface area contributed by atoms with Gasteiger partial charge in [0, 0.05) is 5.54 Å². The zero-order valence-electron chi connectivity index (χ0n) is 15.5. The van der Waals surface area contributed by atoms with Crippen molar-refractivity contribution in [2.45, 2.75) is 76.6 Å². The molecule has 4 bridgehead atoms. The van der Waals surface area contributed by atoms with Gasteiger partial charge < -0.3 is 5.32 Å². The van der Waals surface area contributed by atoms with E-state index < -0.39 is 23.3 Å². The van der Waals surface area contributed by atoms with Crippen LogP contribution in [0.25, 0.3) is 0 Å². The van der Waals surface area contributed by atoms with Gasteiger partial charge in [0.25, 0.3) is 5.91 Å². The van der Waals surface area contributed by atoms with E-state index in [1.165, 1.54) is 19.3 Å². The van der Waals surface area contributed by atoms with Crippen molar-refractivity contribution in [1.29, 1.82) is 0 Å². The second-order valence-electron chi connectivity index (χ2n) is 9.64. The third kappa shape index (κ3) is 2.93. The number of hydrogen-bond donors (Lipinski definition) is 1. The zero-order chi connectivity index (χ0) is 18.9. The van der Waals surface area contributed by atoms with E-state index in [9.17, 15) is 18.0 Å². The number of amides is 1. The molecule has 1 aromatic rings. The first-order valence-corrected chi connectivity index (χ1v) is 9.45. The molecule has 1 N–H and O–H groups in total. The maximum atomic E-state index is 13.7. The molecule has 26 heavy (non-hydrogen) atoms. The summed E-state index contributed by atoms with van der Waals surface area (Å²) in [4.78, 5) is 12.9. The van der Waals surface area contributed by atoms with Crippen molar-refractivity contribution in [3.8, 4) is 0 Å². The summed E-state index contributed by atoms with van der Waals surface area (Å²) in [6.07, 6.45) is 2.79. The van der Waals surface area contributed by atoms with Gasteiger partial charge in [-0.05, 0) is 77.0 Å². The summed E-state index contributed by atoms with van der Waals surface area (Å²) in [5.74, 6) is 1.21. The molecule has 0 unspecified atom stereocenters. The highest BCUT2D eigenvalue weighted by Crippen LogP contribution is 2.55. The van der Waals surface area contributed by atoms with Gasteiger partial charge in [-0.1, -0.05) is 0 Å². The molecule has 0 aromatic carbocycles. The fraction of sp³-hybridized carbons (Fsp3) is 0.789. The van der Waals surface area contributed by atoms with Gasteiger partial charge in [0.1, 0.15) is 0 Å². The molecule has 0 aliphatic heterocycles. The van der Waals surface area contributed by atoms with Crippen LogP contribution in [-0.4, -0.2) is 21.2 Å². The van der Waals surface area contributed by atoms with E-state index >= 15 is 0 Å². The minimum absolute atomic E-state index is 0.321. The summed E-state index contributed by atoms with van der Waals surface area (Å²) < 4.78 is 42.0. The minimum Gasteiger partial charge on any atom is -0.346 e. The average Bonchev–Trinajstić information content (AvgIpc) is 2.90. The first-order valence-electron chi connectivity index (χ1n) is 9.45. The molecule has 1 aromatic heterocycles. The molecule has 4 fully saturated rings. The second-order valence-corrected chi connectivity index (χ2v) is 9.64. The molecule has 7 heteroatoms. The number of rotatable bonds is 2. The van der Waals surface area contributed by atoms with E-state index in [2.05, 4.69) is 10.4 Å². The maximum Gasteiger partial charge on any atom is 0.433 e. The summed E-state index contributed by atoms with van der Waals surface area (Å²) >= 11 is 0. The van der Waals surface area contributed by atoms with E-state index in [1.807, 2.05) is 0 Å². The monoisotopic (exact) mass is 369 g/mol. The Bertz CT molecular complexity index is 694. The molecule has 0 atom stereocenters. The standard InChI is InChI=1S/C19H26F3N3O/c1-17(2,3)25-15(19(20,21)22)14(10-23-25)16(26)24-18-7-11-4-12(8-18)6-13(5-11)9-18/h10-13H,4-9H2,1-3H3,(H,24,26). The van der Waals surface area contributed by atoms with E-state index in [0.717, 1.165) is 30.1 Å². The summed E-state index contributed by atoms with van der Waals surface area (Å²) in [5, 5.41) is 6.93. The Balaban J connectivity index is 1.64. The van der Waals surface area contributed by atoms with E-state index in [4.69, 9.17) is 0 Å². The minimum atomic E-state index is -4.63. The third-order valence-electron chi connectivity index (χ3n) is 6.33. The van der Waals surface area contributed by atoms with Crippen molar-refractivity contribution in [1.82, 2.24) is 15.1 Å². The molecule has 1 heterocycles. The lowest BCUT2D eigenvalue weighted by atomic mass is 9.53. The van der Waals surface area contributed by atoms with E-state index in [-0.39, 0.29) is 11.1 Å². The number of nitrogens with one attached hydrogen (secondary N) is 1. The molecule has 4 nitrogen and oxygen atoms in total. The van der Waals surface area contributed by atoms with Crippen LogP contribution in [0, 0.1) is 17.8 Å². The Morgan fingerprint density at radius 1 is 1.12 bits per heavy atom. The molecule has 0 saturated heterocycles. The summed E-state index contributed by atoms with van der Waals surface area (Å²) in [7, 11) is 0. The number of alkyl halides is 3. The topological polar surface area (TPSA) is 46.9 Å². The van der Waals surface area contributed by atoms with Crippen LogP contribution in [0.1, 0.15) is 75.3 Å². The normalized spacial score (nSPS) is 33.5. The Morgan fingerprint density at radius 2 is 1.62 bits per heavy atom. The summed E-state index contributed by atoms with van der Waals surface area (Å²) in [6, 6.07) is 0. The molecular weight excluding hydrogens is 343 g/mol. The zero-order valence-corrected chi connectivity index (χ0v) is 15.5. The number of carbonyl (C=O) groups excluding carboxylic acids is 1. The lowest BCUT2D eigenvalue weighted by molar-refractivity contribution is -0.146. The maximum absolute atomic E-state index is 13.7. The number of aromatic nitrogens is 2. The summed E-state index contributed by atoms with van der Waals surface area (Å²) in [6.45, 7) is 4.95. The number of halogens is 3. The first kappa shape index (κ1) is 17.9. The van der Waals surface area contributed by atoms with Gasteiger partial charge in [0.15, 0.2) is 5.69 Å². The molecule has 4 saturated carbocycles. The van der Waals surface area contributed by atoms with Crippen molar-refractivity contribution < 1.29 is 18.0 Å². The smallest absolute Gasteiger partial charge is 0.346 e. The molecule has 144 valence electrons. The van der Waals surface area contributed by atoms with Crippen LogP contribution in [-0.2, 0) is 11.7 Å². The van der Waals surface area contributed by atoms with Crippen LogP contribution in [0.4, 0.5) is 13.2 Å². The summed E-state index contributed by atoms with van der Waals surface area (Å²) in [5.41, 5.74) is -2.49.